The van der Waals surface area contributed by atoms with E-state index in [0.717, 1.165) is 29.9 Å². The van der Waals surface area contributed by atoms with E-state index in [9.17, 15) is 8.42 Å². The van der Waals surface area contributed by atoms with Crippen LogP contribution in [0.15, 0.2) is 17.0 Å². The number of thioether (sulfide) groups is 1. The van der Waals surface area contributed by atoms with Gasteiger partial charge in [0.05, 0.1) is 7.11 Å². The van der Waals surface area contributed by atoms with Crippen molar-refractivity contribution in [2.24, 2.45) is 5.92 Å². The molecule has 1 saturated heterocycles. The van der Waals surface area contributed by atoms with E-state index in [2.05, 4.69) is 4.72 Å². The number of ether oxygens (including phenoxy) is 1. The molecule has 0 aromatic heterocycles. The van der Waals surface area contributed by atoms with Crippen molar-refractivity contribution in [3.05, 3.63) is 17.7 Å². The van der Waals surface area contributed by atoms with E-state index in [0.29, 0.717) is 23.9 Å². The molecule has 0 amide bonds. The molecule has 1 fully saturated rings. The zero-order valence-corrected chi connectivity index (χ0v) is 14.0. The lowest BCUT2D eigenvalue weighted by Crippen LogP contribution is -2.31. The molecule has 7 heteroatoms. The van der Waals surface area contributed by atoms with Crippen molar-refractivity contribution < 1.29 is 13.2 Å². The summed E-state index contributed by atoms with van der Waals surface area (Å²) in [4.78, 5) is 0.110. The van der Waals surface area contributed by atoms with E-state index in [4.69, 9.17) is 10.5 Å². The van der Waals surface area contributed by atoms with Crippen LogP contribution < -0.4 is 15.2 Å². The van der Waals surface area contributed by atoms with Crippen LogP contribution >= 0.6 is 11.8 Å². The second kappa shape index (κ2) is 6.89. The number of aryl methyl sites for hydroxylation is 1. The van der Waals surface area contributed by atoms with Crippen LogP contribution in [0.4, 0.5) is 5.69 Å². The van der Waals surface area contributed by atoms with Crippen LogP contribution in [0.2, 0.25) is 0 Å². The number of hydrogen-bond acceptors (Lipinski definition) is 5. The third-order valence-corrected chi connectivity index (χ3v) is 6.24. The van der Waals surface area contributed by atoms with Gasteiger partial charge in [0.2, 0.25) is 10.0 Å². The number of methoxy groups -OCH3 is 1. The molecule has 0 saturated carbocycles. The van der Waals surface area contributed by atoms with Gasteiger partial charge in [0.15, 0.2) is 0 Å². The van der Waals surface area contributed by atoms with E-state index < -0.39 is 10.0 Å². The van der Waals surface area contributed by atoms with Crippen molar-refractivity contribution in [3.63, 3.8) is 0 Å². The first kappa shape index (κ1) is 16.5. The van der Waals surface area contributed by atoms with Gasteiger partial charge in [-0.25, -0.2) is 13.1 Å². The number of nitrogens with one attached hydrogen (secondary N) is 1. The Morgan fingerprint density at radius 3 is 2.67 bits per heavy atom. The Bertz CT molecular complexity index is 596. The van der Waals surface area contributed by atoms with Crippen molar-refractivity contribution in [2.45, 2.75) is 24.7 Å². The third-order valence-electron chi connectivity index (χ3n) is 3.74. The highest BCUT2D eigenvalue weighted by Gasteiger charge is 2.23. The van der Waals surface area contributed by atoms with Gasteiger partial charge in [-0.05, 0) is 54.9 Å². The van der Waals surface area contributed by atoms with Gasteiger partial charge in [0.25, 0.3) is 0 Å². The van der Waals surface area contributed by atoms with Crippen molar-refractivity contribution in [1.82, 2.24) is 4.72 Å². The number of anilines is 1. The number of benzene rings is 1. The Kier molecular flexibility index (Phi) is 5.40. The lowest BCUT2D eigenvalue weighted by Gasteiger charge is -2.22. The van der Waals surface area contributed by atoms with Gasteiger partial charge in [0.1, 0.15) is 10.6 Å². The number of nitrogens with two attached hydrogens (primary N) is 1. The summed E-state index contributed by atoms with van der Waals surface area (Å²) in [7, 11) is -2.14. The zero-order valence-electron chi connectivity index (χ0n) is 12.4. The first-order valence-electron chi connectivity index (χ1n) is 6.95. The Hall–Kier alpha value is -0.920. The van der Waals surface area contributed by atoms with Gasteiger partial charge in [-0.15, -0.1) is 0 Å². The monoisotopic (exact) mass is 330 g/mol. The highest BCUT2D eigenvalue weighted by molar-refractivity contribution is 7.99. The molecule has 0 atom stereocenters. The third kappa shape index (κ3) is 4.05. The summed E-state index contributed by atoms with van der Waals surface area (Å²) in [5.41, 5.74) is 7.08. The van der Waals surface area contributed by atoms with Gasteiger partial charge >= 0.3 is 0 Å². The normalized spacial score (nSPS) is 16.9. The number of hydrogen-bond donors (Lipinski definition) is 2. The largest absolute Gasteiger partial charge is 0.495 e. The van der Waals surface area contributed by atoms with Crippen molar-refractivity contribution in [2.75, 3.05) is 30.9 Å². The fourth-order valence-corrected chi connectivity index (χ4v) is 4.81. The molecule has 1 aliphatic heterocycles. The van der Waals surface area contributed by atoms with Crippen LogP contribution in [0.25, 0.3) is 0 Å². The highest BCUT2D eigenvalue weighted by Crippen LogP contribution is 2.29. The highest BCUT2D eigenvalue weighted by atomic mass is 32.2. The smallest absolute Gasteiger partial charge is 0.244 e. The van der Waals surface area contributed by atoms with Crippen molar-refractivity contribution in [3.8, 4) is 5.75 Å². The van der Waals surface area contributed by atoms with Crippen LogP contribution in [0.5, 0.6) is 5.75 Å². The quantitative estimate of drug-likeness (QED) is 0.807. The minimum absolute atomic E-state index is 0.110. The fourth-order valence-electron chi connectivity index (χ4n) is 2.30. The zero-order chi connectivity index (χ0) is 15.5. The fraction of sp³-hybridized carbons (Fsp3) is 0.571. The van der Waals surface area contributed by atoms with Crippen LogP contribution in [0.3, 0.4) is 0 Å². The predicted molar refractivity (Wildman–Crippen MR) is 87.4 cm³/mol. The Balaban J connectivity index is 2.16. The van der Waals surface area contributed by atoms with Crippen molar-refractivity contribution >= 4 is 27.5 Å². The van der Waals surface area contributed by atoms with E-state index in [-0.39, 0.29) is 4.90 Å². The lowest BCUT2D eigenvalue weighted by molar-refractivity contribution is 0.401. The molecular formula is C14H22N2O3S2. The molecule has 118 valence electrons. The summed E-state index contributed by atoms with van der Waals surface area (Å²) in [5, 5.41) is 0. The Labute approximate surface area is 130 Å². The van der Waals surface area contributed by atoms with E-state index in [1.54, 1.807) is 6.07 Å². The molecule has 3 N–H and O–H groups in total. The van der Waals surface area contributed by atoms with Crippen LogP contribution in [-0.2, 0) is 10.0 Å². The Morgan fingerprint density at radius 2 is 2.05 bits per heavy atom. The van der Waals surface area contributed by atoms with E-state index in [1.165, 1.54) is 13.2 Å². The second-order valence-electron chi connectivity index (χ2n) is 5.27. The first-order valence-corrected chi connectivity index (χ1v) is 9.59. The maximum atomic E-state index is 12.5. The molecule has 1 heterocycles. The number of rotatable bonds is 5. The molecule has 1 aromatic carbocycles. The van der Waals surface area contributed by atoms with Crippen LogP contribution in [-0.4, -0.2) is 33.6 Å². The number of nitrogen functional groups attached to an aromatic ring is 1. The van der Waals surface area contributed by atoms with Crippen molar-refractivity contribution in [1.29, 1.82) is 0 Å². The Morgan fingerprint density at radius 1 is 1.38 bits per heavy atom. The molecule has 0 unspecified atom stereocenters. The molecule has 1 aromatic rings. The van der Waals surface area contributed by atoms with Gasteiger partial charge < -0.3 is 10.5 Å². The topological polar surface area (TPSA) is 81.4 Å². The summed E-state index contributed by atoms with van der Waals surface area (Å²) in [6, 6.07) is 3.12. The molecule has 21 heavy (non-hydrogen) atoms. The molecule has 0 aliphatic carbocycles. The van der Waals surface area contributed by atoms with Gasteiger partial charge in [-0.3, -0.25) is 0 Å². The molecule has 0 spiro atoms. The molecular weight excluding hydrogens is 308 g/mol. The summed E-state index contributed by atoms with van der Waals surface area (Å²) in [6.45, 7) is 2.29. The molecule has 0 bridgehead atoms. The van der Waals surface area contributed by atoms with Gasteiger partial charge in [0, 0.05) is 12.2 Å². The summed E-state index contributed by atoms with van der Waals surface area (Å²) in [6.07, 6.45) is 2.11. The molecule has 5 nitrogen and oxygen atoms in total. The maximum absolute atomic E-state index is 12.5. The summed E-state index contributed by atoms with van der Waals surface area (Å²) >= 11 is 1.92. The number of sulfonamides is 1. The SMILES string of the molecule is COc1cc(C)c(N)cc1S(=O)(=O)NCC1CCSCC1. The standard InChI is InChI=1S/C14H22N2O3S2/c1-10-7-13(19-2)14(8-12(10)15)21(17,18)16-9-11-3-5-20-6-4-11/h7-8,11,16H,3-6,9,15H2,1-2H3. The average molecular weight is 330 g/mol. The minimum atomic E-state index is -3.60. The molecule has 0 radical (unpaired) electrons. The average Bonchev–Trinajstić information content (AvgIpc) is 2.48. The summed E-state index contributed by atoms with van der Waals surface area (Å²) < 4.78 is 32.8. The predicted octanol–water partition coefficient (Wildman–Crippen LogP) is 2.01. The van der Waals surface area contributed by atoms with Gasteiger partial charge in [-0.1, -0.05) is 0 Å². The summed E-state index contributed by atoms with van der Waals surface area (Å²) in [5.74, 6) is 2.95. The van der Waals surface area contributed by atoms with Gasteiger partial charge in [-0.2, -0.15) is 11.8 Å². The van der Waals surface area contributed by atoms with E-state index >= 15 is 0 Å². The van der Waals surface area contributed by atoms with Crippen LogP contribution in [0, 0.1) is 12.8 Å². The first-order chi connectivity index (χ1) is 9.94. The molecule has 2 rings (SSSR count). The van der Waals surface area contributed by atoms with E-state index in [1.807, 2.05) is 18.7 Å². The minimum Gasteiger partial charge on any atom is -0.495 e. The maximum Gasteiger partial charge on any atom is 0.244 e. The molecule has 1 aliphatic rings. The lowest BCUT2D eigenvalue weighted by atomic mass is 10.0. The second-order valence-corrected chi connectivity index (χ2v) is 8.23. The van der Waals surface area contributed by atoms with Crippen LogP contribution in [0.1, 0.15) is 18.4 Å².